The van der Waals surface area contributed by atoms with Gasteiger partial charge in [0, 0.05) is 5.56 Å². The molecule has 0 spiro atoms. The van der Waals surface area contributed by atoms with E-state index in [1.54, 1.807) is 44.2 Å². The molecular weight excluding hydrogens is 274 g/mol. The van der Waals surface area contributed by atoms with Crippen molar-refractivity contribution < 1.29 is 23.9 Å². The topological polar surface area (TPSA) is 81.7 Å². The molecule has 0 aliphatic carbocycles. The fraction of sp³-hybridized carbons (Fsp3) is 0.400. The van der Waals surface area contributed by atoms with Crippen molar-refractivity contribution in [1.82, 2.24) is 5.32 Å². The molecule has 1 atom stereocenters. The minimum Gasteiger partial charge on any atom is -0.466 e. The molecule has 0 fully saturated rings. The molecule has 1 aromatic rings. The predicted molar refractivity (Wildman–Crippen MR) is 75.6 cm³/mol. The Kier molecular flexibility index (Phi) is 6.94. The number of nitrogens with one attached hydrogen (secondary N) is 1. The van der Waals surface area contributed by atoms with E-state index in [0.29, 0.717) is 5.56 Å². The van der Waals surface area contributed by atoms with E-state index in [9.17, 15) is 14.4 Å². The highest BCUT2D eigenvalue weighted by atomic mass is 16.5. The van der Waals surface area contributed by atoms with Gasteiger partial charge in [-0.15, -0.1) is 0 Å². The molecule has 0 aliphatic rings. The third-order valence-electron chi connectivity index (χ3n) is 2.59. The highest BCUT2D eigenvalue weighted by Gasteiger charge is 2.26. The molecule has 0 radical (unpaired) electrons. The highest BCUT2D eigenvalue weighted by molar-refractivity contribution is 5.97. The summed E-state index contributed by atoms with van der Waals surface area (Å²) in [6, 6.07) is 7.36. The van der Waals surface area contributed by atoms with Crippen LogP contribution in [0.1, 0.15) is 30.6 Å². The van der Waals surface area contributed by atoms with Crippen LogP contribution in [0.3, 0.4) is 0 Å². The second-order valence-corrected chi connectivity index (χ2v) is 4.15. The molecule has 114 valence electrons. The number of carbonyl (C=O) groups excluding carboxylic acids is 3. The summed E-state index contributed by atoms with van der Waals surface area (Å²) >= 11 is 0. The van der Waals surface area contributed by atoms with E-state index >= 15 is 0 Å². The molecule has 21 heavy (non-hydrogen) atoms. The lowest BCUT2D eigenvalue weighted by molar-refractivity contribution is -0.152. The van der Waals surface area contributed by atoms with E-state index in [1.807, 2.05) is 0 Å². The average molecular weight is 293 g/mol. The zero-order chi connectivity index (χ0) is 15.7. The van der Waals surface area contributed by atoms with Crippen molar-refractivity contribution in [3.05, 3.63) is 35.9 Å². The van der Waals surface area contributed by atoms with Crippen molar-refractivity contribution in [3.8, 4) is 0 Å². The summed E-state index contributed by atoms with van der Waals surface area (Å²) in [5.74, 6) is -1.67. The van der Waals surface area contributed by atoms with E-state index < -0.39 is 23.9 Å². The molecule has 0 aromatic heterocycles. The van der Waals surface area contributed by atoms with Gasteiger partial charge in [0.2, 0.25) is 0 Å². The summed E-state index contributed by atoms with van der Waals surface area (Å²) in [6.07, 6.45) is -0.259. The fourth-order valence-corrected chi connectivity index (χ4v) is 1.65. The maximum Gasteiger partial charge on any atom is 0.329 e. The maximum absolute atomic E-state index is 12.0. The number of hydrogen-bond acceptors (Lipinski definition) is 5. The lowest BCUT2D eigenvalue weighted by atomic mass is 10.1. The van der Waals surface area contributed by atoms with Gasteiger partial charge in [0.15, 0.2) is 0 Å². The molecule has 1 rings (SSSR count). The molecule has 6 nitrogen and oxygen atoms in total. The van der Waals surface area contributed by atoms with Gasteiger partial charge in [-0.2, -0.15) is 0 Å². The third kappa shape index (κ3) is 5.64. The largest absolute Gasteiger partial charge is 0.466 e. The van der Waals surface area contributed by atoms with Crippen LogP contribution in [0.2, 0.25) is 0 Å². The Hall–Kier alpha value is -2.37. The van der Waals surface area contributed by atoms with Gasteiger partial charge in [0.05, 0.1) is 19.6 Å². The fourth-order valence-electron chi connectivity index (χ4n) is 1.65. The molecule has 0 unspecified atom stereocenters. The molecule has 6 heteroatoms. The van der Waals surface area contributed by atoms with Gasteiger partial charge >= 0.3 is 11.9 Å². The minimum atomic E-state index is -1.06. The van der Waals surface area contributed by atoms with E-state index in [0.717, 1.165) is 0 Å². The van der Waals surface area contributed by atoms with Crippen molar-refractivity contribution in [2.45, 2.75) is 26.3 Å². The van der Waals surface area contributed by atoms with Gasteiger partial charge in [-0.1, -0.05) is 18.2 Å². The van der Waals surface area contributed by atoms with E-state index in [4.69, 9.17) is 9.47 Å². The zero-order valence-electron chi connectivity index (χ0n) is 12.1. The second kappa shape index (κ2) is 8.73. The number of benzene rings is 1. The Labute approximate surface area is 123 Å². The predicted octanol–water partition coefficient (Wildman–Crippen LogP) is 1.30. The van der Waals surface area contributed by atoms with Crippen LogP contribution in [0, 0.1) is 0 Å². The van der Waals surface area contributed by atoms with E-state index in [-0.39, 0.29) is 19.6 Å². The quantitative estimate of drug-likeness (QED) is 0.766. The number of carbonyl (C=O) groups is 3. The van der Waals surface area contributed by atoms with Crippen molar-refractivity contribution in [2.75, 3.05) is 13.2 Å². The van der Waals surface area contributed by atoms with Gasteiger partial charge < -0.3 is 14.8 Å². The van der Waals surface area contributed by atoms with Crippen molar-refractivity contribution in [3.63, 3.8) is 0 Å². The van der Waals surface area contributed by atoms with Crippen LogP contribution in [-0.4, -0.2) is 37.1 Å². The van der Waals surface area contributed by atoms with Gasteiger partial charge in [-0.05, 0) is 26.0 Å². The van der Waals surface area contributed by atoms with Crippen LogP contribution in [0.4, 0.5) is 0 Å². The van der Waals surface area contributed by atoms with Gasteiger partial charge in [-0.3, -0.25) is 9.59 Å². The Bertz CT molecular complexity index is 486. The number of amides is 1. The van der Waals surface area contributed by atoms with Crippen LogP contribution in [0.25, 0.3) is 0 Å². The Morgan fingerprint density at radius 3 is 2.24 bits per heavy atom. The monoisotopic (exact) mass is 293 g/mol. The van der Waals surface area contributed by atoms with Gasteiger partial charge in [-0.25, -0.2) is 4.79 Å². The summed E-state index contributed by atoms with van der Waals surface area (Å²) in [6.45, 7) is 3.69. The lowest BCUT2D eigenvalue weighted by Gasteiger charge is -2.16. The van der Waals surface area contributed by atoms with Crippen LogP contribution >= 0.6 is 0 Å². The summed E-state index contributed by atoms with van der Waals surface area (Å²) in [4.78, 5) is 35.3. The van der Waals surface area contributed by atoms with Crippen molar-refractivity contribution in [1.29, 1.82) is 0 Å². The average Bonchev–Trinajstić information content (AvgIpc) is 2.48. The number of ether oxygens (including phenoxy) is 2. The van der Waals surface area contributed by atoms with Gasteiger partial charge in [0.1, 0.15) is 6.04 Å². The third-order valence-corrected chi connectivity index (χ3v) is 2.59. The molecule has 1 N–H and O–H groups in total. The number of esters is 2. The molecule has 0 heterocycles. The Morgan fingerprint density at radius 1 is 1.05 bits per heavy atom. The number of rotatable bonds is 7. The molecule has 1 amide bonds. The smallest absolute Gasteiger partial charge is 0.329 e. The van der Waals surface area contributed by atoms with Crippen molar-refractivity contribution in [2.24, 2.45) is 0 Å². The Morgan fingerprint density at radius 2 is 1.67 bits per heavy atom. The van der Waals surface area contributed by atoms with E-state index in [2.05, 4.69) is 5.32 Å². The summed E-state index contributed by atoms with van der Waals surface area (Å²) < 4.78 is 9.65. The zero-order valence-corrected chi connectivity index (χ0v) is 12.1. The van der Waals surface area contributed by atoms with Crippen LogP contribution in [0.5, 0.6) is 0 Å². The maximum atomic E-state index is 12.0. The van der Waals surface area contributed by atoms with Crippen LogP contribution in [0.15, 0.2) is 30.3 Å². The normalized spacial score (nSPS) is 11.3. The molecule has 0 saturated carbocycles. The molecule has 0 aliphatic heterocycles. The molecule has 0 bridgehead atoms. The lowest BCUT2D eigenvalue weighted by Crippen LogP contribution is -2.43. The standard InChI is InChI=1S/C15H19NO5/c1-3-20-13(17)10-12(15(19)21-4-2)16-14(18)11-8-6-5-7-9-11/h5-9,12H,3-4,10H2,1-2H3,(H,16,18)/t12-/m0/s1. The Balaban J connectivity index is 2.74. The SMILES string of the molecule is CCOC(=O)C[C@H](NC(=O)c1ccccc1)C(=O)OCC. The summed E-state index contributed by atoms with van der Waals surface area (Å²) in [5, 5.41) is 2.49. The van der Waals surface area contributed by atoms with Crippen molar-refractivity contribution >= 4 is 17.8 Å². The minimum absolute atomic E-state index is 0.166. The van der Waals surface area contributed by atoms with Gasteiger partial charge in [0.25, 0.3) is 5.91 Å². The molecular formula is C15H19NO5. The van der Waals surface area contributed by atoms with Crippen LogP contribution in [-0.2, 0) is 19.1 Å². The van der Waals surface area contributed by atoms with E-state index in [1.165, 1.54) is 0 Å². The highest BCUT2D eigenvalue weighted by Crippen LogP contribution is 2.03. The molecule has 0 saturated heterocycles. The number of hydrogen-bond donors (Lipinski definition) is 1. The first kappa shape index (κ1) is 16.7. The second-order valence-electron chi connectivity index (χ2n) is 4.15. The summed E-state index contributed by atoms with van der Waals surface area (Å²) in [5.41, 5.74) is 0.399. The first-order valence-corrected chi connectivity index (χ1v) is 6.76. The first-order valence-electron chi connectivity index (χ1n) is 6.76. The summed E-state index contributed by atoms with van der Waals surface area (Å²) in [7, 11) is 0. The first-order chi connectivity index (χ1) is 10.1. The van der Waals surface area contributed by atoms with Crippen LogP contribution < -0.4 is 5.32 Å². The molecule has 1 aromatic carbocycles.